The van der Waals surface area contributed by atoms with Crippen molar-refractivity contribution in [3.63, 3.8) is 0 Å². The summed E-state index contributed by atoms with van der Waals surface area (Å²) in [6.07, 6.45) is 6.54. The van der Waals surface area contributed by atoms with E-state index in [2.05, 4.69) is 29.6 Å². The third-order valence-electron chi connectivity index (χ3n) is 3.45. The van der Waals surface area contributed by atoms with E-state index in [0.29, 0.717) is 6.54 Å². The van der Waals surface area contributed by atoms with Gasteiger partial charge in [-0.05, 0) is 43.4 Å². The lowest BCUT2D eigenvalue weighted by atomic mass is 9.97. The Hall–Kier alpha value is -0.860. The van der Waals surface area contributed by atoms with E-state index in [1.54, 1.807) is 0 Å². The van der Waals surface area contributed by atoms with Gasteiger partial charge in [-0.3, -0.25) is 0 Å². The number of nitrogens with two attached hydrogens (primary N) is 1. The van der Waals surface area contributed by atoms with Crippen molar-refractivity contribution < 1.29 is 0 Å². The summed E-state index contributed by atoms with van der Waals surface area (Å²) in [5.74, 6) is 0. The van der Waals surface area contributed by atoms with E-state index in [9.17, 15) is 0 Å². The normalized spacial score (nSPS) is 20.9. The van der Waals surface area contributed by atoms with Gasteiger partial charge in [0, 0.05) is 12.6 Å². The average Bonchev–Trinajstić information content (AvgIpc) is 2.38. The molecule has 0 radical (unpaired) electrons. The van der Waals surface area contributed by atoms with Gasteiger partial charge in [0.25, 0.3) is 0 Å². The highest BCUT2D eigenvalue weighted by Crippen LogP contribution is 2.13. The molecule has 1 aliphatic heterocycles. The molecule has 2 nitrogen and oxygen atoms in total. The van der Waals surface area contributed by atoms with Gasteiger partial charge in [-0.1, -0.05) is 30.7 Å². The molecular weight excluding hydrogens is 196 g/mol. The van der Waals surface area contributed by atoms with Crippen LogP contribution in [-0.2, 0) is 13.0 Å². The Morgan fingerprint density at radius 2 is 1.88 bits per heavy atom. The van der Waals surface area contributed by atoms with Crippen LogP contribution < -0.4 is 11.1 Å². The third-order valence-corrected chi connectivity index (χ3v) is 3.45. The zero-order valence-electron chi connectivity index (χ0n) is 9.91. The van der Waals surface area contributed by atoms with Gasteiger partial charge in [-0.2, -0.15) is 0 Å². The van der Waals surface area contributed by atoms with Crippen LogP contribution in [0.4, 0.5) is 0 Å². The largest absolute Gasteiger partial charge is 0.326 e. The summed E-state index contributed by atoms with van der Waals surface area (Å²) in [7, 11) is 0. The van der Waals surface area contributed by atoms with Crippen molar-refractivity contribution in [3.8, 4) is 0 Å². The van der Waals surface area contributed by atoms with Crippen molar-refractivity contribution in [2.24, 2.45) is 5.73 Å². The second-order valence-corrected chi connectivity index (χ2v) is 4.71. The number of hydrogen-bond acceptors (Lipinski definition) is 2. The highest BCUT2D eigenvalue weighted by Gasteiger charge is 2.11. The van der Waals surface area contributed by atoms with Crippen LogP contribution in [0.25, 0.3) is 0 Å². The number of nitrogens with one attached hydrogen (secondary N) is 1. The predicted molar refractivity (Wildman–Crippen MR) is 68.3 cm³/mol. The van der Waals surface area contributed by atoms with E-state index in [-0.39, 0.29) is 0 Å². The molecule has 0 amide bonds. The maximum atomic E-state index is 5.58. The molecule has 0 aliphatic carbocycles. The van der Waals surface area contributed by atoms with E-state index >= 15 is 0 Å². The Balaban J connectivity index is 1.79. The molecule has 0 bridgehead atoms. The highest BCUT2D eigenvalue weighted by molar-refractivity contribution is 5.22. The molecule has 2 rings (SSSR count). The number of aryl methyl sites for hydroxylation is 1. The van der Waals surface area contributed by atoms with Crippen molar-refractivity contribution in [2.45, 2.75) is 44.7 Å². The molecule has 1 atom stereocenters. The van der Waals surface area contributed by atoms with Gasteiger partial charge in [0.15, 0.2) is 0 Å². The second-order valence-electron chi connectivity index (χ2n) is 4.71. The first-order valence-electron chi connectivity index (χ1n) is 6.40. The van der Waals surface area contributed by atoms with Crippen LogP contribution in [0.5, 0.6) is 0 Å². The molecule has 1 aliphatic rings. The van der Waals surface area contributed by atoms with Gasteiger partial charge >= 0.3 is 0 Å². The van der Waals surface area contributed by atoms with Gasteiger partial charge in [-0.25, -0.2) is 0 Å². The van der Waals surface area contributed by atoms with Gasteiger partial charge in [0.2, 0.25) is 0 Å². The van der Waals surface area contributed by atoms with Crippen LogP contribution in [0.3, 0.4) is 0 Å². The first kappa shape index (κ1) is 11.6. The van der Waals surface area contributed by atoms with E-state index in [4.69, 9.17) is 5.73 Å². The number of hydrogen-bond donors (Lipinski definition) is 2. The van der Waals surface area contributed by atoms with Crippen LogP contribution in [0, 0.1) is 0 Å². The summed E-state index contributed by atoms with van der Waals surface area (Å²) in [5.41, 5.74) is 8.24. The van der Waals surface area contributed by atoms with Gasteiger partial charge < -0.3 is 11.1 Å². The molecule has 1 aromatic rings. The van der Waals surface area contributed by atoms with E-state index in [0.717, 1.165) is 6.04 Å². The number of piperidine rings is 1. The molecule has 1 unspecified atom stereocenters. The van der Waals surface area contributed by atoms with E-state index in [1.807, 2.05) is 0 Å². The van der Waals surface area contributed by atoms with Gasteiger partial charge in [-0.15, -0.1) is 0 Å². The van der Waals surface area contributed by atoms with Crippen molar-refractivity contribution in [2.75, 3.05) is 6.54 Å². The fourth-order valence-electron chi connectivity index (χ4n) is 2.35. The topological polar surface area (TPSA) is 38.0 Å². The van der Waals surface area contributed by atoms with E-state index < -0.39 is 0 Å². The second kappa shape index (κ2) is 6.02. The predicted octanol–water partition coefficient (Wildman–Crippen LogP) is 2.22. The zero-order valence-corrected chi connectivity index (χ0v) is 9.91. The van der Waals surface area contributed by atoms with Crippen molar-refractivity contribution >= 4 is 0 Å². The maximum absolute atomic E-state index is 5.58. The van der Waals surface area contributed by atoms with Crippen LogP contribution >= 0.6 is 0 Å². The lowest BCUT2D eigenvalue weighted by Gasteiger charge is -2.23. The summed E-state index contributed by atoms with van der Waals surface area (Å²) in [4.78, 5) is 0. The molecule has 1 saturated heterocycles. The lowest BCUT2D eigenvalue weighted by molar-refractivity contribution is 0.383. The molecule has 3 N–H and O–H groups in total. The summed E-state index contributed by atoms with van der Waals surface area (Å²) < 4.78 is 0. The molecule has 1 aromatic carbocycles. The van der Waals surface area contributed by atoms with Crippen LogP contribution in [0.1, 0.15) is 36.8 Å². The molecule has 1 fully saturated rings. The molecular formula is C14H22N2. The SMILES string of the molecule is NCc1ccc(CCC2CCCCN2)cc1. The Labute approximate surface area is 98.2 Å². The van der Waals surface area contributed by atoms with Gasteiger partial charge in [0.1, 0.15) is 0 Å². The smallest absolute Gasteiger partial charge is 0.0178 e. The molecule has 0 saturated carbocycles. The lowest BCUT2D eigenvalue weighted by Crippen LogP contribution is -2.34. The van der Waals surface area contributed by atoms with Crippen molar-refractivity contribution in [1.29, 1.82) is 0 Å². The Bertz CT molecular complexity index is 299. The monoisotopic (exact) mass is 218 g/mol. The third kappa shape index (κ3) is 3.32. The summed E-state index contributed by atoms with van der Waals surface area (Å²) in [6, 6.07) is 9.45. The molecule has 16 heavy (non-hydrogen) atoms. The maximum Gasteiger partial charge on any atom is 0.0178 e. The zero-order chi connectivity index (χ0) is 11.2. The first-order valence-corrected chi connectivity index (χ1v) is 6.40. The Kier molecular flexibility index (Phi) is 4.37. The van der Waals surface area contributed by atoms with Crippen LogP contribution in [0.15, 0.2) is 24.3 Å². The molecule has 0 spiro atoms. The standard InChI is InChI=1S/C14H22N2/c15-11-13-6-4-12(5-7-13)8-9-14-3-1-2-10-16-14/h4-7,14,16H,1-3,8-11,15H2. The fourth-order valence-corrected chi connectivity index (χ4v) is 2.35. The Morgan fingerprint density at radius 1 is 1.12 bits per heavy atom. The number of benzene rings is 1. The highest BCUT2D eigenvalue weighted by atomic mass is 14.9. The molecule has 88 valence electrons. The minimum absolute atomic E-state index is 0.643. The van der Waals surface area contributed by atoms with Crippen LogP contribution in [0.2, 0.25) is 0 Å². The fraction of sp³-hybridized carbons (Fsp3) is 0.571. The average molecular weight is 218 g/mol. The molecule has 2 heteroatoms. The molecule has 0 aromatic heterocycles. The van der Waals surface area contributed by atoms with Crippen molar-refractivity contribution in [3.05, 3.63) is 35.4 Å². The summed E-state index contributed by atoms with van der Waals surface area (Å²) in [5, 5.41) is 3.59. The van der Waals surface area contributed by atoms with Crippen molar-refractivity contribution in [1.82, 2.24) is 5.32 Å². The Morgan fingerprint density at radius 3 is 2.50 bits per heavy atom. The summed E-state index contributed by atoms with van der Waals surface area (Å²) >= 11 is 0. The molecule has 1 heterocycles. The minimum Gasteiger partial charge on any atom is -0.326 e. The number of rotatable bonds is 4. The first-order chi connectivity index (χ1) is 7.88. The van der Waals surface area contributed by atoms with Gasteiger partial charge in [0.05, 0.1) is 0 Å². The van der Waals surface area contributed by atoms with Crippen LogP contribution in [-0.4, -0.2) is 12.6 Å². The minimum atomic E-state index is 0.643. The van der Waals surface area contributed by atoms with E-state index in [1.165, 1.54) is 49.8 Å². The quantitative estimate of drug-likeness (QED) is 0.813. The summed E-state index contributed by atoms with van der Waals surface area (Å²) in [6.45, 7) is 1.85.